The van der Waals surface area contributed by atoms with Crippen molar-refractivity contribution in [2.24, 2.45) is 5.92 Å². The Morgan fingerprint density at radius 3 is 2.14 bits per heavy atom. The SMILES string of the molecule is Cc1nc(CN(C)C(=O)NC(C(=O)N[C@@H](Cc2ccccc2)C[C@H](O)[C@H](Cc2ccccc2)NC(=O)OCc2cccnc2)C(C)C)cs1. The molecule has 0 aliphatic rings. The maximum Gasteiger partial charge on any atom is 0.407 e. The molecule has 4 N–H and O–H groups in total. The van der Waals surface area contributed by atoms with Gasteiger partial charge in [-0.25, -0.2) is 14.6 Å². The van der Waals surface area contributed by atoms with E-state index in [1.807, 2.05) is 86.8 Å². The first-order chi connectivity index (χ1) is 23.6. The summed E-state index contributed by atoms with van der Waals surface area (Å²) < 4.78 is 5.45. The van der Waals surface area contributed by atoms with E-state index in [1.54, 1.807) is 31.6 Å². The summed E-state index contributed by atoms with van der Waals surface area (Å²) in [6.07, 6.45) is 2.42. The summed E-state index contributed by atoms with van der Waals surface area (Å²) in [5.41, 5.74) is 3.40. The lowest BCUT2D eigenvalue weighted by molar-refractivity contribution is -0.124. The van der Waals surface area contributed by atoms with Crippen LogP contribution in [0.5, 0.6) is 0 Å². The monoisotopic (exact) mass is 686 g/mol. The quantitative estimate of drug-likeness (QED) is 0.129. The number of benzene rings is 2. The summed E-state index contributed by atoms with van der Waals surface area (Å²) in [7, 11) is 1.66. The zero-order valence-electron chi connectivity index (χ0n) is 28.4. The van der Waals surface area contributed by atoms with Crippen LogP contribution < -0.4 is 16.0 Å². The van der Waals surface area contributed by atoms with Gasteiger partial charge in [-0.2, -0.15) is 0 Å². The van der Waals surface area contributed by atoms with Gasteiger partial charge in [0.15, 0.2) is 0 Å². The third-order valence-electron chi connectivity index (χ3n) is 8.00. The minimum Gasteiger partial charge on any atom is -0.445 e. The second-order valence-corrected chi connectivity index (χ2v) is 13.5. The van der Waals surface area contributed by atoms with Gasteiger partial charge in [-0.05, 0) is 49.3 Å². The van der Waals surface area contributed by atoms with E-state index in [4.69, 9.17) is 4.74 Å². The lowest BCUT2D eigenvalue weighted by Gasteiger charge is -2.30. The first-order valence-electron chi connectivity index (χ1n) is 16.4. The van der Waals surface area contributed by atoms with Crippen molar-refractivity contribution < 1.29 is 24.2 Å². The molecule has 2 aromatic heterocycles. The fourth-order valence-electron chi connectivity index (χ4n) is 5.39. The van der Waals surface area contributed by atoms with Crippen molar-refractivity contribution in [3.8, 4) is 0 Å². The van der Waals surface area contributed by atoms with Crippen molar-refractivity contribution in [2.45, 2.75) is 77.4 Å². The van der Waals surface area contributed by atoms with Gasteiger partial charge in [0.1, 0.15) is 12.6 Å². The molecule has 0 saturated carbocycles. The third kappa shape index (κ3) is 12.3. The van der Waals surface area contributed by atoms with Crippen molar-refractivity contribution in [3.05, 3.63) is 118 Å². The molecule has 12 heteroatoms. The van der Waals surface area contributed by atoms with Gasteiger partial charge in [-0.1, -0.05) is 80.6 Å². The van der Waals surface area contributed by atoms with Crippen molar-refractivity contribution in [1.82, 2.24) is 30.8 Å². The molecule has 260 valence electrons. The number of aromatic nitrogens is 2. The molecule has 0 bridgehead atoms. The summed E-state index contributed by atoms with van der Waals surface area (Å²) in [5, 5.41) is 23.3. The molecule has 11 nitrogen and oxygen atoms in total. The smallest absolute Gasteiger partial charge is 0.407 e. The first-order valence-corrected chi connectivity index (χ1v) is 17.3. The number of urea groups is 1. The number of alkyl carbamates (subject to hydrolysis) is 1. The standard InChI is InChI=1S/C37H46N6O5S/c1-25(2)34(42-36(46)43(4)22-31-24-49-26(3)39-31)35(45)40-30(18-27-12-7-5-8-13-27)20-33(44)32(19-28-14-9-6-10-15-28)41-37(47)48-23-29-16-11-17-38-21-29/h5-17,21,24-25,30,32-34,44H,18-20,22-23H2,1-4H3,(H,40,45)(H,41,47)(H,42,46)/t30-,32-,33-,34?/m0/s1. The van der Waals surface area contributed by atoms with E-state index < -0.39 is 36.4 Å². The van der Waals surface area contributed by atoms with Crippen molar-refractivity contribution in [1.29, 1.82) is 0 Å². The van der Waals surface area contributed by atoms with Crippen LogP contribution >= 0.6 is 11.3 Å². The Balaban J connectivity index is 1.47. The molecule has 0 aliphatic heterocycles. The molecule has 0 aliphatic carbocycles. The van der Waals surface area contributed by atoms with E-state index in [1.165, 1.54) is 16.2 Å². The zero-order valence-corrected chi connectivity index (χ0v) is 29.2. The van der Waals surface area contributed by atoms with Crippen molar-refractivity contribution in [3.63, 3.8) is 0 Å². The van der Waals surface area contributed by atoms with Crippen LogP contribution in [0.25, 0.3) is 0 Å². The molecule has 0 radical (unpaired) electrons. The number of ether oxygens (including phenoxy) is 1. The second kappa shape index (κ2) is 18.7. The number of aryl methyl sites for hydroxylation is 1. The van der Waals surface area contributed by atoms with Gasteiger partial charge in [-0.15, -0.1) is 11.3 Å². The van der Waals surface area contributed by atoms with Crippen LogP contribution in [0, 0.1) is 12.8 Å². The van der Waals surface area contributed by atoms with E-state index in [0.29, 0.717) is 19.4 Å². The Hall–Kier alpha value is -4.81. The van der Waals surface area contributed by atoms with Gasteiger partial charge >= 0.3 is 12.1 Å². The zero-order chi connectivity index (χ0) is 35.2. The van der Waals surface area contributed by atoms with Crippen LogP contribution in [0.2, 0.25) is 0 Å². The highest BCUT2D eigenvalue weighted by Crippen LogP contribution is 2.16. The topological polar surface area (TPSA) is 146 Å². The number of aliphatic hydroxyl groups is 1. The molecule has 0 fully saturated rings. The van der Waals surface area contributed by atoms with Crippen LogP contribution in [0.3, 0.4) is 0 Å². The molecule has 0 saturated heterocycles. The van der Waals surface area contributed by atoms with Gasteiger partial charge in [0, 0.05) is 36.4 Å². The van der Waals surface area contributed by atoms with Crippen LogP contribution in [0.15, 0.2) is 90.6 Å². The largest absolute Gasteiger partial charge is 0.445 e. The number of amides is 4. The highest BCUT2D eigenvalue weighted by Gasteiger charge is 2.31. The summed E-state index contributed by atoms with van der Waals surface area (Å²) in [6.45, 7) is 5.98. The van der Waals surface area contributed by atoms with Crippen LogP contribution in [-0.4, -0.2) is 69.3 Å². The molecule has 4 aromatic rings. The number of pyridine rings is 1. The molecule has 4 rings (SSSR count). The van der Waals surface area contributed by atoms with Crippen LogP contribution in [0.4, 0.5) is 9.59 Å². The van der Waals surface area contributed by atoms with Crippen molar-refractivity contribution >= 4 is 29.4 Å². The Kier molecular flexibility index (Phi) is 14.1. The van der Waals surface area contributed by atoms with Crippen LogP contribution in [-0.2, 0) is 35.5 Å². The predicted octanol–water partition coefficient (Wildman–Crippen LogP) is 5.03. The Morgan fingerprint density at radius 2 is 1.55 bits per heavy atom. The maximum absolute atomic E-state index is 13.8. The number of thiazole rings is 1. The lowest BCUT2D eigenvalue weighted by Crippen LogP contribution is -2.55. The minimum absolute atomic E-state index is 0.0292. The fourth-order valence-corrected chi connectivity index (χ4v) is 5.99. The normalized spacial score (nSPS) is 13.5. The number of carbonyl (C=O) groups excluding carboxylic acids is 3. The van der Waals surface area contributed by atoms with Gasteiger partial charge in [-0.3, -0.25) is 9.78 Å². The highest BCUT2D eigenvalue weighted by molar-refractivity contribution is 7.09. The average Bonchev–Trinajstić information content (AvgIpc) is 3.50. The molecule has 0 spiro atoms. The molecule has 2 heterocycles. The van der Waals surface area contributed by atoms with E-state index >= 15 is 0 Å². The van der Waals surface area contributed by atoms with Gasteiger partial charge in [0.05, 0.1) is 29.4 Å². The van der Waals surface area contributed by atoms with E-state index in [9.17, 15) is 19.5 Å². The number of nitrogens with zero attached hydrogens (tertiary/aromatic N) is 3. The van der Waals surface area contributed by atoms with E-state index in [0.717, 1.165) is 27.4 Å². The van der Waals surface area contributed by atoms with Gasteiger partial charge in [0.2, 0.25) is 5.91 Å². The fraction of sp³-hybridized carbons (Fsp3) is 0.378. The number of hydrogen-bond donors (Lipinski definition) is 4. The maximum atomic E-state index is 13.8. The molecular weight excluding hydrogens is 641 g/mol. The third-order valence-corrected chi connectivity index (χ3v) is 8.82. The summed E-state index contributed by atoms with van der Waals surface area (Å²) >= 11 is 1.51. The summed E-state index contributed by atoms with van der Waals surface area (Å²) in [4.78, 5) is 49.9. The van der Waals surface area contributed by atoms with Crippen molar-refractivity contribution in [2.75, 3.05) is 7.05 Å². The Bertz CT molecular complexity index is 1610. The summed E-state index contributed by atoms with van der Waals surface area (Å²) in [5.74, 6) is -0.582. The molecule has 2 aromatic carbocycles. The van der Waals surface area contributed by atoms with Crippen LogP contribution in [0.1, 0.15) is 47.7 Å². The number of rotatable bonds is 16. The second-order valence-electron chi connectivity index (χ2n) is 12.5. The summed E-state index contributed by atoms with van der Waals surface area (Å²) in [6, 6.07) is 20.3. The Morgan fingerprint density at radius 1 is 0.898 bits per heavy atom. The van der Waals surface area contributed by atoms with Gasteiger partial charge in [0.25, 0.3) is 0 Å². The lowest BCUT2D eigenvalue weighted by atomic mass is 9.93. The molecule has 4 amide bonds. The number of hydrogen-bond acceptors (Lipinski definition) is 8. The van der Waals surface area contributed by atoms with E-state index in [2.05, 4.69) is 25.9 Å². The molecule has 49 heavy (non-hydrogen) atoms. The first kappa shape index (κ1) is 37.0. The number of nitrogens with one attached hydrogen (secondary N) is 3. The minimum atomic E-state index is -1.06. The van der Waals surface area contributed by atoms with E-state index in [-0.39, 0.29) is 24.9 Å². The molecule has 1 unspecified atom stereocenters. The highest BCUT2D eigenvalue weighted by atomic mass is 32.1. The average molecular weight is 687 g/mol. The molecular formula is C37H46N6O5S. The number of aliphatic hydroxyl groups excluding tert-OH is 1. The molecule has 4 atom stereocenters. The predicted molar refractivity (Wildman–Crippen MR) is 190 cm³/mol. The number of carbonyl (C=O) groups is 3. The van der Waals surface area contributed by atoms with Gasteiger partial charge < -0.3 is 30.7 Å². The Labute approximate surface area is 292 Å².